The lowest BCUT2D eigenvalue weighted by molar-refractivity contribution is 0.0697. The van der Waals surface area contributed by atoms with Crippen molar-refractivity contribution in [2.75, 3.05) is 10.5 Å². The lowest BCUT2D eigenvalue weighted by Crippen LogP contribution is -2.20. The van der Waals surface area contributed by atoms with Gasteiger partial charge in [-0.1, -0.05) is 25.4 Å². The quantitative estimate of drug-likeness (QED) is 0.873. The minimum absolute atomic E-state index is 0.00630. The maximum absolute atomic E-state index is 11.7. The molecule has 1 aromatic carbocycles. The van der Waals surface area contributed by atoms with Gasteiger partial charge in [-0.3, -0.25) is 4.72 Å². The molecule has 5 nitrogen and oxygen atoms in total. The smallest absolute Gasteiger partial charge is 0.335 e. The first-order valence-corrected chi connectivity index (χ1v) is 7.27. The molecule has 0 saturated heterocycles. The minimum Gasteiger partial charge on any atom is -0.478 e. The van der Waals surface area contributed by atoms with Crippen molar-refractivity contribution in [3.05, 3.63) is 28.8 Å². The molecule has 0 unspecified atom stereocenters. The van der Waals surface area contributed by atoms with E-state index < -0.39 is 16.0 Å². The Morgan fingerprint density at radius 3 is 2.50 bits per heavy atom. The highest BCUT2D eigenvalue weighted by molar-refractivity contribution is 7.92. The predicted octanol–water partition coefficient (Wildman–Crippen LogP) is 2.44. The number of sulfonamides is 1. The summed E-state index contributed by atoms with van der Waals surface area (Å²) in [5, 5.41) is 8.81. The second kappa shape index (κ2) is 5.58. The highest BCUT2D eigenvalue weighted by atomic mass is 35.5. The highest BCUT2D eigenvalue weighted by Gasteiger charge is 2.15. The van der Waals surface area contributed by atoms with Crippen LogP contribution in [0.25, 0.3) is 0 Å². The number of carboxylic acid groups (broad SMARTS) is 1. The van der Waals surface area contributed by atoms with E-state index >= 15 is 0 Å². The molecule has 0 aromatic heterocycles. The van der Waals surface area contributed by atoms with Crippen molar-refractivity contribution in [1.29, 1.82) is 0 Å². The predicted molar refractivity (Wildman–Crippen MR) is 70.7 cm³/mol. The van der Waals surface area contributed by atoms with Gasteiger partial charge in [0.1, 0.15) is 0 Å². The summed E-state index contributed by atoms with van der Waals surface area (Å²) in [6.07, 6.45) is 0. The Morgan fingerprint density at radius 2 is 2.06 bits per heavy atom. The second-order valence-corrected chi connectivity index (χ2v) is 6.45. The topological polar surface area (TPSA) is 83.5 Å². The normalized spacial score (nSPS) is 11.6. The molecule has 2 N–H and O–H groups in total. The molecule has 0 saturated carbocycles. The molecule has 0 fully saturated rings. The number of anilines is 1. The van der Waals surface area contributed by atoms with Gasteiger partial charge in [-0.15, -0.1) is 0 Å². The van der Waals surface area contributed by atoms with Crippen molar-refractivity contribution in [2.24, 2.45) is 5.92 Å². The Labute approximate surface area is 111 Å². The number of rotatable bonds is 5. The third kappa shape index (κ3) is 4.19. The fourth-order valence-electron chi connectivity index (χ4n) is 1.38. The van der Waals surface area contributed by atoms with Gasteiger partial charge in [-0.2, -0.15) is 0 Å². The van der Waals surface area contributed by atoms with Gasteiger partial charge in [0.15, 0.2) is 0 Å². The van der Waals surface area contributed by atoms with E-state index in [-0.39, 0.29) is 27.9 Å². The molecule has 7 heteroatoms. The Balaban J connectivity index is 2.96. The molecule has 1 aromatic rings. The number of benzene rings is 1. The summed E-state index contributed by atoms with van der Waals surface area (Å²) in [6.45, 7) is 3.57. The number of halogens is 1. The molecule has 0 aliphatic heterocycles. The standard InChI is InChI=1S/C11H14ClNO4S/c1-7(2)6-18(16,17)13-10-4-3-8(11(14)15)5-9(10)12/h3-5,7,13H,6H2,1-2H3,(H,14,15). The van der Waals surface area contributed by atoms with Crippen LogP contribution in [-0.4, -0.2) is 25.2 Å². The summed E-state index contributed by atoms with van der Waals surface area (Å²) in [7, 11) is -3.47. The third-order valence-corrected chi connectivity index (χ3v) is 3.98. The molecule has 100 valence electrons. The van der Waals surface area contributed by atoms with Gasteiger partial charge >= 0.3 is 5.97 Å². The van der Waals surface area contributed by atoms with E-state index in [0.717, 1.165) is 0 Å². The Kier molecular flexibility index (Phi) is 4.59. The Bertz CT molecular complexity index is 554. The molecule has 0 aliphatic carbocycles. The fraction of sp³-hybridized carbons (Fsp3) is 0.364. The van der Waals surface area contributed by atoms with E-state index in [1.807, 2.05) is 0 Å². The van der Waals surface area contributed by atoms with Crippen LogP contribution in [0.3, 0.4) is 0 Å². The molecular weight excluding hydrogens is 278 g/mol. The van der Waals surface area contributed by atoms with E-state index in [9.17, 15) is 13.2 Å². The summed E-state index contributed by atoms with van der Waals surface area (Å²) < 4.78 is 25.7. The molecule has 0 aliphatic rings. The zero-order valence-corrected chi connectivity index (χ0v) is 11.5. The molecule has 0 atom stereocenters. The summed E-state index contributed by atoms with van der Waals surface area (Å²) in [6, 6.07) is 3.84. The van der Waals surface area contributed by atoms with Crippen LogP contribution < -0.4 is 4.72 Å². The first-order valence-electron chi connectivity index (χ1n) is 5.24. The van der Waals surface area contributed by atoms with E-state index in [1.165, 1.54) is 18.2 Å². The zero-order valence-electron chi connectivity index (χ0n) is 9.97. The average molecular weight is 292 g/mol. The van der Waals surface area contributed by atoms with Gasteiger partial charge in [0, 0.05) is 0 Å². The minimum atomic E-state index is -3.47. The molecule has 0 radical (unpaired) electrons. The summed E-state index contributed by atoms with van der Waals surface area (Å²) in [5.74, 6) is -1.16. The maximum atomic E-state index is 11.7. The largest absolute Gasteiger partial charge is 0.478 e. The van der Waals surface area contributed by atoms with Crippen molar-refractivity contribution in [2.45, 2.75) is 13.8 Å². The zero-order chi connectivity index (χ0) is 13.9. The Hall–Kier alpha value is -1.27. The number of nitrogens with one attached hydrogen (secondary N) is 1. The fourth-order valence-corrected chi connectivity index (χ4v) is 3.14. The highest BCUT2D eigenvalue weighted by Crippen LogP contribution is 2.24. The van der Waals surface area contributed by atoms with Crippen molar-refractivity contribution >= 4 is 33.3 Å². The van der Waals surface area contributed by atoms with Gasteiger partial charge in [-0.25, -0.2) is 13.2 Å². The van der Waals surface area contributed by atoms with Crippen LogP contribution in [0.1, 0.15) is 24.2 Å². The van der Waals surface area contributed by atoms with Gasteiger partial charge in [-0.05, 0) is 24.1 Å². The molecule has 0 bridgehead atoms. The maximum Gasteiger partial charge on any atom is 0.335 e. The van der Waals surface area contributed by atoms with Gasteiger partial charge in [0.25, 0.3) is 0 Å². The van der Waals surface area contributed by atoms with Gasteiger partial charge < -0.3 is 5.11 Å². The van der Waals surface area contributed by atoms with Crippen LogP contribution in [0.5, 0.6) is 0 Å². The monoisotopic (exact) mass is 291 g/mol. The number of hydrogen-bond acceptors (Lipinski definition) is 3. The van der Waals surface area contributed by atoms with Crippen LogP contribution in [0.4, 0.5) is 5.69 Å². The van der Waals surface area contributed by atoms with Gasteiger partial charge in [0.2, 0.25) is 10.0 Å². The van der Waals surface area contributed by atoms with Gasteiger partial charge in [0.05, 0.1) is 22.0 Å². The van der Waals surface area contributed by atoms with Crippen molar-refractivity contribution in [3.63, 3.8) is 0 Å². The molecular formula is C11H14ClNO4S. The average Bonchev–Trinajstić information content (AvgIpc) is 2.18. The number of carbonyl (C=O) groups is 1. The van der Waals surface area contributed by atoms with Crippen LogP contribution >= 0.6 is 11.6 Å². The van der Waals surface area contributed by atoms with Crippen molar-refractivity contribution in [3.8, 4) is 0 Å². The summed E-state index contributed by atoms with van der Waals surface area (Å²) >= 11 is 5.83. The van der Waals surface area contributed by atoms with Crippen LogP contribution in [0.2, 0.25) is 5.02 Å². The first kappa shape index (κ1) is 14.8. The van der Waals surface area contributed by atoms with E-state index in [1.54, 1.807) is 13.8 Å². The number of aromatic carboxylic acids is 1. The molecule has 18 heavy (non-hydrogen) atoms. The lowest BCUT2D eigenvalue weighted by Gasteiger charge is -2.11. The molecule has 0 spiro atoms. The van der Waals surface area contributed by atoms with E-state index in [0.29, 0.717) is 0 Å². The van der Waals surface area contributed by atoms with Crippen molar-refractivity contribution in [1.82, 2.24) is 0 Å². The van der Waals surface area contributed by atoms with Crippen molar-refractivity contribution < 1.29 is 18.3 Å². The summed E-state index contributed by atoms with van der Waals surface area (Å²) in [4.78, 5) is 10.7. The third-order valence-electron chi connectivity index (χ3n) is 2.03. The van der Waals surface area contributed by atoms with Crippen LogP contribution in [0.15, 0.2) is 18.2 Å². The second-order valence-electron chi connectivity index (χ2n) is 4.28. The first-order chi connectivity index (χ1) is 8.21. The number of hydrogen-bond donors (Lipinski definition) is 2. The van der Waals surface area contributed by atoms with Crippen LogP contribution in [0, 0.1) is 5.92 Å². The van der Waals surface area contributed by atoms with E-state index in [2.05, 4.69) is 4.72 Å². The van der Waals surface area contributed by atoms with E-state index in [4.69, 9.17) is 16.7 Å². The molecule has 1 rings (SSSR count). The number of carboxylic acids is 1. The lowest BCUT2D eigenvalue weighted by atomic mass is 10.2. The van der Waals surface area contributed by atoms with Crippen LogP contribution in [-0.2, 0) is 10.0 Å². The molecule has 0 amide bonds. The summed E-state index contributed by atoms with van der Waals surface area (Å²) in [5.41, 5.74) is 0.189. The Morgan fingerprint density at radius 1 is 1.44 bits per heavy atom. The SMILES string of the molecule is CC(C)CS(=O)(=O)Nc1ccc(C(=O)O)cc1Cl. The molecule has 0 heterocycles.